The summed E-state index contributed by atoms with van der Waals surface area (Å²) in [6.45, 7) is 10.8. The summed E-state index contributed by atoms with van der Waals surface area (Å²) in [6.07, 6.45) is 23.1. The quantitative estimate of drug-likeness (QED) is 0.0486. The van der Waals surface area contributed by atoms with Gasteiger partial charge in [0.2, 0.25) is 5.91 Å². The zero-order valence-electron chi connectivity index (χ0n) is 24.9. The number of carbonyl (C=O) groups is 3. The average molecular weight is 536 g/mol. The van der Waals surface area contributed by atoms with Crippen LogP contribution in [-0.4, -0.2) is 49.0 Å². The third kappa shape index (κ3) is 20.9. The van der Waals surface area contributed by atoms with Crippen molar-refractivity contribution in [2.75, 3.05) is 26.3 Å². The Morgan fingerprint density at radius 1 is 0.737 bits per heavy atom. The van der Waals surface area contributed by atoms with Gasteiger partial charge in [-0.1, -0.05) is 104 Å². The molecule has 0 N–H and O–H groups in total. The normalized spacial score (nSPS) is 11.9. The monoisotopic (exact) mass is 535 g/mol. The van der Waals surface area contributed by atoms with Gasteiger partial charge in [0.05, 0.1) is 19.0 Å². The van der Waals surface area contributed by atoms with Gasteiger partial charge in [-0.15, -0.1) is 0 Å². The molecule has 0 saturated carbocycles. The maximum Gasteiger partial charge on any atom is 0.308 e. The molecule has 0 radical (unpaired) electrons. The van der Waals surface area contributed by atoms with Crippen LogP contribution in [-0.2, 0) is 23.9 Å². The molecule has 1 atom stereocenters. The van der Waals surface area contributed by atoms with Gasteiger partial charge >= 0.3 is 11.9 Å². The molecule has 0 aliphatic carbocycles. The van der Waals surface area contributed by atoms with Crippen molar-refractivity contribution in [3.63, 3.8) is 0 Å². The molecule has 0 bridgehead atoms. The van der Waals surface area contributed by atoms with Crippen LogP contribution in [0.4, 0.5) is 0 Å². The van der Waals surface area contributed by atoms with E-state index in [0.717, 1.165) is 64.2 Å². The third-order valence-electron chi connectivity index (χ3n) is 6.77. The smallest absolute Gasteiger partial charge is 0.308 e. The van der Waals surface area contributed by atoms with Gasteiger partial charge in [-0.05, 0) is 44.6 Å². The van der Waals surface area contributed by atoms with Crippen LogP contribution in [0.2, 0.25) is 0 Å². The summed E-state index contributed by atoms with van der Waals surface area (Å²) < 4.78 is 10.9. The maximum atomic E-state index is 12.9. The number of ether oxygens (including phenoxy) is 2. The van der Waals surface area contributed by atoms with Crippen molar-refractivity contribution in [3.8, 4) is 0 Å². The SMILES string of the molecule is C=CC(=O)N(CCOC(=O)CCCC/C=C\CC)CCOC(=O)C(CCCCCC)CCCCCCCC. The largest absolute Gasteiger partial charge is 0.464 e. The first kappa shape index (κ1) is 35.9. The summed E-state index contributed by atoms with van der Waals surface area (Å²) in [5, 5.41) is 0. The lowest BCUT2D eigenvalue weighted by Crippen LogP contribution is -2.36. The molecule has 0 aromatic rings. The third-order valence-corrected chi connectivity index (χ3v) is 6.77. The molecule has 0 aliphatic heterocycles. The lowest BCUT2D eigenvalue weighted by molar-refractivity contribution is -0.150. The van der Waals surface area contributed by atoms with Gasteiger partial charge in [-0.2, -0.15) is 0 Å². The highest BCUT2D eigenvalue weighted by Gasteiger charge is 2.20. The standard InChI is InChI=1S/C32H57NO5/c1-5-9-12-15-17-20-23-29(22-19-14-11-7-3)32(36)38-28-26-33(30(34)8-4)25-27-37-31(35)24-21-18-16-13-10-6-2/h8,10,13,29H,4-7,9,11-12,14-28H2,1-3H3/b13-10-. The fraction of sp³-hybridized carbons (Fsp3) is 0.781. The summed E-state index contributed by atoms with van der Waals surface area (Å²) in [4.78, 5) is 38.6. The predicted octanol–water partition coefficient (Wildman–Crippen LogP) is 7.95. The number of esters is 2. The van der Waals surface area contributed by atoms with Gasteiger partial charge in [-0.3, -0.25) is 14.4 Å². The van der Waals surface area contributed by atoms with Crippen molar-refractivity contribution < 1.29 is 23.9 Å². The van der Waals surface area contributed by atoms with Crippen molar-refractivity contribution in [2.45, 2.75) is 130 Å². The van der Waals surface area contributed by atoms with Crippen molar-refractivity contribution in [3.05, 3.63) is 24.8 Å². The second-order valence-corrected chi connectivity index (χ2v) is 10.1. The van der Waals surface area contributed by atoms with Gasteiger partial charge in [0, 0.05) is 6.42 Å². The van der Waals surface area contributed by atoms with E-state index in [9.17, 15) is 14.4 Å². The molecular weight excluding hydrogens is 478 g/mol. The Morgan fingerprint density at radius 2 is 1.32 bits per heavy atom. The number of carbonyl (C=O) groups excluding carboxylic acids is 3. The summed E-state index contributed by atoms with van der Waals surface area (Å²) in [5.74, 6) is -0.730. The average Bonchev–Trinajstić information content (AvgIpc) is 2.92. The van der Waals surface area contributed by atoms with Crippen molar-refractivity contribution in [1.29, 1.82) is 0 Å². The number of amides is 1. The van der Waals surface area contributed by atoms with Crippen molar-refractivity contribution >= 4 is 17.8 Å². The Kier molecular flexibility index (Phi) is 25.0. The van der Waals surface area contributed by atoms with E-state index in [-0.39, 0.29) is 50.1 Å². The Morgan fingerprint density at radius 3 is 1.92 bits per heavy atom. The minimum atomic E-state index is -0.261. The topological polar surface area (TPSA) is 72.9 Å². The highest BCUT2D eigenvalue weighted by molar-refractivity contribution is 5.87. The molecule has 0 aliphatic rings. The second kappa shape index (κ2) is 26.5. The lowest BCUT2D eigenvalue weighted by Gasteiger charge is -2.22. The van der Waals surface area contributed by atoms with E-state index in [1.54, 1.807) is 0 Å². The van der Waals surface area contributed by atoms with Crippen LogP contribution in [0.3, 0.4) is 0 Å². The Labute approximate surface area is 233 Å². The number of hydrogen-bond donors (Lipinski definition) is 0. The van der Waals surface area contributed by atoms with Crippen LogP contribution in [0.5, 0.6) is 0 Å². The molecule has 0 heterocycles. The predicted molar refractivity (Wildman–Crippen MR) is 157 cm³/mol. The number of hydrogen-bond acceptors (Lipinski definition) is 5. The van der Waals surface area contributed by atoms with Crippen LogP contribution in [0.25, 0.3) is 0 Å². The molecule has 6 heteroatoms. The summed E-state index contributed by atoms with van der Waals surface area (Å²) in [5.41, 5.74) is 0. The van der Waals surface area contributed by atoms with Crippen molar-refractivity contribution in [2.24, 2.45) is 5.92 Å². The second-order valence-electron chi connectivity index (χ2n) is 10.1. The van der Waals surface area contributed by atoms with Crippen LogP contribution >= 0.6 is 0 Å². The Balaban J connectivity index is 4.48. The van der Waals surface area contributed by atoms with Gasteiger partial charge in [-0.25, -0.2) is 0 Å². The summed E-state index contributed by atoms with van der Waals surface area (Å²) in [7, 11) is 0. The molecule has 0 aromatic carbocycles. The molecule has 0 saturated heterocycles. The van der Waals surface area contributed by atoms with Gasteiger partial charge in [0.1, 0.15) is 13.2 Å². The molecule has 1 amide bonds. The highest BCUT2D eigenvalue weighted by atomic mass is 16.5. The molecule has 0 spiro atoms. The summed E-state index contributed by atoms with van der Waals surface area (Å²) in [6, 6.07) is 0. The number of allylic oxidation sites excluding steroid dienone is 2. The zero-order chi connectivity index (χ0) is 28.3. The molecule has 0 aromatic heterocycles. The van der Waals surface area contributed by atoms with Crippen LogP contribution in [0.1, 0.15) is 130 Å². The first-order valence-electron chi connectivity index (χ1n) is 15.4. The number of rotatable bonds is 26. The lowest BCUT2D eigenvalue weighted by atomic mass is 9.94. The van der Waals surface area contributed by atoms with E-state index in [2.05, 4.69) is 39.5 Å². The van der Waals surface area contributed by atoms with E-state index in [1.165, 1.54) is 49.5 Å². The van der Waals surface area contributed by atoms with E-state index in [0.29, 0.717) is 6.42 Å². The first-order valence-corrected chi connectivity index (χ1v) is 15.4. The molecule has 0 fully saturated rings. The van der Waals surface area contributed by atoms with Gasteiger partial charge in [0.15, 0.2) is 0 Å². The van der Waals surface area contributed by atoms with Crippen molar-refractivity contribution in [1.82, 2.24) is 4.90 Å². The maximum absolute atomic E-state index is 12.9. The molecule has 220 valence electrons. The minimum absolute atomic E-state index is 0.0694. The van der Waals surface area contributed by atoms with Gasteiger partial charge < -0.3 is 14.4 Å². The summed E-state index contributed by atoms with van der Waals surface area (Å²) >= 11 is 0. The highest BCUT2D eigenvalue weighted by Crippen LogP contribution is 2.20. The van der Waals surface area contributed by atoms with Crippen LogP contribution in [0.15, 0.2) is 24.8 Å². The Bertz CT molecular complexity index is 646. The fourth-order valence-corrected chi connectivity index (χ4v) is 4.36. The Hall–Kier alpha value is -2.11. The fourth-order valence-electron chi connectivity index (χ4n) is 4.36. The molecule has 6 nitrogen and oxygen atoms in total. The molecule has 38 heavy (non-hydrogen) atoms. The minimum Gasteiger partial charge on any atom is -0.464 e. The molecular formula is C32H57NO5. The molecule has 0 rings (SSSR count). The van der Waals surface area contributed by atoms with Gasteiger partial charge in [0.25, 0.3) is 0 Å². The van der Waals surface area contributed by atoms with Crippen LogP contribution < -0.4 is 0 Å². The van der Waals surface area contributed by atoms with Crippen LogP contribution in [0, 0.1) is 5.92 Å². The number of unbranched alkanes of at least 4 members (excludes halogenated alkanes) is 10. The van der Waals surface area contributed by atoms with E-state index < -0.39 is 0 Å². The zero-order valence-corrected chi connectivity index (χ0v) is 24.9. The van der Waals surface area contributed by atoms with E-state index >= 15 is 0 Å². The van der Waals surface area contributed by atoms with E-state index in [1.807, 2.05) is 0 Å². The number of nitrogens with zero attached hydrogens (tertiary/aromatic N) is 1. The first-order chi connectivity index (χ1) is 18.5. The van der Waals surface area contributed by atoms with E-state index in [4.69, 9.17) is 9.47 Å². The molecule has 1 unspecified atom stereocenters.